The highest BCUT2D eigenvalue weighted by Crippen LogP contribution is 2.10. The first kappa shape index (κ1) is 13.5. The Labute approximate surface area is 98.2 Å². The average Bonchev–Trinajstić information content (AvgIpc) is 2.38. The second kappa shape index (κ2) is 5.64. The topological polar surface area (TPSA) is 43.8 Å². The molecule has 1 fully saturated rings. The number of hydrogen-bond donors (Lipinski definition) is 1. The summed E-state index contributed by atoms with van der Waals surface area (Å²) in [7, 11) is 0. The van der Waals surface area contributed by atoms with Gasteiger partial charge in [0.05, 0.1) is 5.60 Å². The molecular weight excluding hydrogens is 204 g/mol. The third kappa shape index (κ3) is 4.94. The van der Waals surface area contributed by atoms with E-state index in [1.807, 2.05) is 18.7 Å². The normalized spacial score (nSPS) is 19.6. The first-order valence-electron chi connectivity index (χ1n) is 6.09. The summed E-state index contributed by atoms with van der Waals surface area (Å²) >= 11 is 0. The average molecular weight is 228 g/mol. The molecule has 4 nitrogen and oxygen atoms in total. The molecule has 0 aromatic heterocycles. The van der Waals surface area contributed by atoms with E-state index in [4.69, 9.17) is 0 Å². The molecule has 94 valence electrons. The van der Waals surface area contributed by atoms with E-state index in [-0.39, 0.29) is 5.91 Å². The molecule has 0 radical (unpaired) electrons. The molecule has 1 rings (SSSR count). The molecule has 0 aromatic rings. The van der Waals surface area contributed by atoms with Crippen molar-refractivity contribution in [2.45, 2.75) is 39.2 Å². The summed E-state index contributed by atoms with van der Waals surface area (Å²) in [5, 5.41) is 9.67. The van der Waals surface area contributed by atoms with Crippen molar-refractivity contribution in [3.63, 3.8) is 0 Å². The molecule has 0 aliphatic carbocycles. The van der Waals surface area contributed by atoms with Crippen LogP contribution in [0.5, 0.6) is 0 Å². The molecule has 1 aliphatic heterocycles. The van der Waals surface area contributed by atoms with Crippen LogP contribution in [0.4, 0.5) is 0 Å². The zero-order valence-corrected chi connectivity index (χ0v) is 10.7. The van der Waals surface area contributed by atoms with Gasteiger partial charge in [-0.1, -0.05) is 0 Å². The van der Waals surface area contributed by atoms with Crippen molar-refractivity contribution >= 4 is 5.91 Å². The summed E-state index contributed by atoms with van der Waals surface area (Å²) < 4.78 is 0. The Kier molecular flexibility index (Phi) is 4.74. The maximum Gasteiger partial charge on any atom is 0.219 e. The van der Waals surface area contributed by atoms with Gasteiger partial charge in [0.1, 0.15) is 0 Å². The van der Waals surface area contributed by atoms with Gasteiger partial charge in [0.2, 0.25) is 5.91 Å². The van der Waals surface area contributed by atoms with Crippen LogP contribution in [-0.4, -0.2) is 59.1 Å². The van der Waals surface area contributed by atoms with Gasteiger partial charge >= 0.3 is 0 Å². The fourth-order valence-electron chi connectivity index (χ4n) is 1.94. The van der Waals surface area contributed by atoms with Gasteiger partial charge in [0, 0.05) is 33.1 Å². The van der Waals surface area contributed by atoms with Crippen molar-refractivity contribution in [3.05, 3.63) is 0 Å². The Hall–Kier alpha value is -0.610. The predicted octanol–water partition coefficient (Wildman–Crippen LogP) is 0.702. The van der Waals surface area contributed by atoms with Crippen LogP contribution in [0.3, 0.4) is 0 Å². The molecule has 1 heterocycles. The van der Waals surface area contributed by atoms with E-state index in [9.17, 15) is 9.90 Å². The molecule has 0 saturated carbocycles. The molecule has 1 amide bonds. The van der Waals surface area contributed by atoms with Gasteiger partial charge in [-0.15, -0.1) is 0 Å². The largest absolute Gasteiger partial charge is 0.390 e. The molecule has 16 heavy (non-hydrogen) atoms. The molecule has 0 aromatic carbocycles. The quantitative estimate of drug-likeness (QED) is 0.773. The highest BCUT2D eigenvalue weighted by molar-refractivity contribution is 5.73. The number of amides is 1. The number of nitrogens with zero attached hydrogens (tertiary/aromatic N) is 2. The van der Waals surface area contributed by atoms with Crippen molar-refractivity contribution in [2.24, 2.45) is 0 Å². The smallest absolute Gasteiger partial charge is 0.219 e. The second-order valence-corrected chi connectivity index (χ2v) is 5.26. The number of hydrogen-bond acceptors (Lipinski definition) is 3. The first-order chi connectivity index (χ1) is 7.38. The Bertz CT molecular complexity index is 236. The number of rotatable bonds is 3. The second-order valence-electron chi connectivity index (χ2n) is 5.26. The number of carbonyl (C=O) groups is 1. The number of aliphatic hydroxyl groups is 1. The fraction of sp³-hybridized carbons (Fsp3) is 0.917. The summed E-state index contributed by atoms with van der Waals surface area (Å²) in [6, 6.07) is 0. The minimum absolute atomic E-state index is 0.171. The first-order valence-corrected chi connectivity index (χ1v) is 6.09. The van der Waals surface area contributed by atoms with Crippen molar-refractivity contribution in [1.82, 2.24) is 9.80 Å². The minimum Gasteiger partial charge on any atom is -0.390 e. The highest BCUT2D eigenvalue weighted by atomic mass is 16.3. The molecule has 4 heteroatoms. The van der Waals surface area contributed by atoms with Gasteiger partial charge in [0.25, 0.3) is 0 Å². The lowest BCUT2D eigenvalue weighted by atomic mass is 10.1. The van der Waals surface area contributed by atoms with Gasteiger partial charge in [0.15, 0.2) is 0 Å². The summed E-state index contributed by atoms with van der Waals surface area (Å²) in [5.41, 5.74) is -0.591. The third-order valence-corrected chi connectivity index (χ3v) is 3.07. The molecular formula is C12H24N2O2. The van der Waals surface area contributed by atoms with E-state index in [1.165, 1.54) is 0 Å². The molecule has 0 unspecified atom stereocenters. The molecule has 1 aliphatic rings. The van der Waals surface area contributed by atoms with Crippen LogP contribution in [-0.2, 0) is 4.79 Å². The van der Waals surface area contributed by atoms with Gasteiger partial charge in [-0.2, -0.15) is 0 Å². The zero-order valence-electron chi connectivity index (χ0n) is 10.7. The van der Waals surface area contributed by atoms with Gasteiger partial charge in [-0.3, -0.25) is 4.79 Å². The minimum atomic E-state index is -0.591. The summed E-state index contributed by atoms with van der Waals surface area (Å²) in [4.78, 5) is 15.5. The summed E-state index contributed by atoms with van der Waals surface area (Å²) in [6.07, 6.45) is 1.82. The van der Waals surface area contributed by atoms with Crippen LogP contribution < -0.4 is 0 Å². The van der Waals surface area contributed by atoms with E-state index in [1.54, 1.807) is 6.92 Å². The fourth-order valence-corrected chi connectivity index (χ4v) is 1.94. The van der Waals surface area contributed by atoms with Crippen LogP contribution >= 0.6 is 0 Å². The van der Waals surface area contributed by atoms with Crippen molar-refractivity contribution in [2.75, 3.05) is 32.7 Å². The number of carbonyl (C=O) groups excluding carboxylic acids is 1. The van der Waals surface area contributed by atoms with E-state index in [0.717, 1.165) is 45.6 Å². The van der Waals surface area contributed by atoms with E-state index >= 15 is 0 Å². The van der Waals surface area contributed by atoms with E-state index in [2.05, 4.69) is 4.90 Å². The van der Waals surface area contributed by atoms with Crippen LogP contribution in [0.1, 0.15) is 33.6 Å². The molecule has 1 saturated heterocycles. The lowest BCUT2D eigenvalue weighted by molar-refractivity contribution is -0.128. The van der Waals surface area contributed by atoms with Crippen LogP contribution in [0.15, 0.2) is 0 Å². The van der Waals surface area contributed by atoms with Crippen molar-refractivity contribution in [1.29, 1.82) is 0 Å². The summed E-state index contributed by atoms with van der Waals surface area (Å²) in [5.74, 6) is 0.171. The van der Waals surface area contributed by atoms with Crippen molar-refractivity contribution in [3.8, 4) is 0 Å². The van der Waals surface area contributed by atoms with Gasteiger partial charge in [-0.05, 0) is 33.2 Å². The lowest BCUT2D eigenvalue weighted by Crippen LogP contribution is -2.35. The maximum absolute atomic E-state index is 11.2. The molecule has 0 spiro atoms. The van der Waals surface area contributed by atoms with Gasteiger partial charge in [-0.25, -0.2) is 0 Å². The molecule has 0 bridgehead atoms. The monoisotopic (exact) mass is 228 g/mol. The molecule has 0 atom stereocenters. The van der Waals surface area contributed by atoms with Crippen LogP contribution in [0.2, 0.25) is 0 Å². The Morgan fingerprint density at radius 1 is 1.25 bits per heavy atom. The molecule has 1 N–H and O–H groups in total. The van der Waals surface area contributed by atoms with Gasteiger partial charge < -0.3 is 14.9 Å². The SMILES string of the molecule is CC(=O)N1CCCN(CCC(C)(C)O)CC1. The van der Waals surface area contributed by atoms with E-state index in [0.29, 0.717) is 0 Å². The Morgan fingerprint density at radius 3 is 2.50 bits per heavy atom. The Balaban J connectivity index is 2.33. The van der Waals surface area contributed by atoms with Crippen LogP contribution in [0, 0.1) is 0 Å². The maximum atomic E-state index is 11.2. The lowest BCUT2D eigenvalue weighted by Gasteiger charge is -2.24. The summed E-state index contributed by atoms with van der Waals surface area (Å²) in [6.45, 7) is 9.87. The highest BCUT2D eigenvalue weighted by Gasteiger charge is 2.19. The standard InChI is InChI=1S/C12H24N2O2/c1-11(15)14-7-4-6-13(9-10-14)8-5-12(2,3)16/h16H,4-10H2,1-3H3. The zero-order chi connectivity index (χ0) is 12.2. The van der Waals surface area contributed by atoms with E-state index < -0.39 is 5.60 Å². The third-order valence-electron chi connectivity index (χ3n) is 3.07. The van der Waals surface area contributed by atoms with Crippen LogP contribution in [0.25, 0.3) is 0 Å². The predicted molar refractivity (Wildman–Crippen MR) is 64.2 cm³/mol. The Morgan fingerprint density at radius 2 is 1.94 bits per heavy atom. The van der Waals surface area contributed by atoms with Crippen molar-refractivity contribution < 1.29 is 9.90 Å².